The number of rotatable bonds is 4. The SMILES string of the molecule is CCC(=O)NCc1nccc(C(=O)O)n1. The Morgan fingerprint density at radius 1 is 1.53 bits per heavy atom. The minimum absolute atomic E-state index is 0.0780. The second-order valence-electron chi connectivity index (χ2n) is 2.79. The molecule has 0 aliphatic carbocycles. The maximum absolute atomic E-state index is 10.9. The molecule has 2 N–H and O–H groups in total. The maximum Gasteiger partial charge on any atom is 0.354 e. The molecule has 15 heavy (non-hydrogen) atoms. The molecule has 6 heteroatoms. The van der Waals surface area contributed by atoms with E-state index in [1.54, 1.807) is 6.92 Å². The van der Waals surface area contributed by atoms with Gasteiger partial charge < -0.3 is 10.4 Å². The Morgan fingerprint density at radius 2 is 2.27 bits per heavy atom. The normalized spacial score (nSPS) is 9.67. The van der Waals surface area contributed by atoms with E-state index in [9.17, 15) is 9.59 Å². The highest BCUT2D eigenvalue weighted by atomic mass is 16.4. The molecule has 0 aliphatic heterocycles. The van der Waals surface area contributed by atoms with Crippen molar-refractivity contribution in [2.24, 2.45) is 0 Å². The lowest BCUT2D eigenvalue weighted by Crippen LogP contribution is -2.23. The van der Waals surface area contributed by atoms with E-state index in [-0.39, 0.29) is 24.0 Å². The highest BCUT2D eigenvalue weighted by Gasteiger charge is 2.06. The summed E-state index contributed by atoms with van der Waals surface area (Å²) in [6.07, 6.45) is 1.72. The Hall–Kier alpha value is -1.98. The number of aromatic carboxylic acids is 1. The Labute approximate surface area is 86.4 Å². The van der Waals surface area contributed by atoms with Gasteiger partial charge in [0.05, 0.1) is 6.54 Å². The Morgan fingerprint density at radius 3 is 2.87 bits per heavy atom. The zero-order valence-corrected chi connectivity index (χ0v) is 8.23. The lowest BCUT2D eigenvalue weighted by Gasteiger charge is -2.02. The van der Waals surface area contributed by atoms with Gasteiger partial charge in [0.2, 0.25) is 5.91 Å². The van der Waals surface area contributed by atoms with Crippen LogP contribution in [-0.2, 0) is 11.3 Å². The molecular weight excluding hydrogens is 198 g/mol. The van der Waals surface area contributed by atoms with Crippen LogP contribution in [0.2, 0.25) is 0 Å². The summed E-state index contributed by atoms with van der Waals surface area (Å²) < 4.78 is 0. The topological polar surface area (TPSA) is 92.2 Å². The lowest BCUT2D eigenvalue weighted by molar-refractivity contribution is -0.120. The largest absolute Gasteiger partial charge is 0.477 e. The Kier molecular flexibility index (Phi) is 3.73. The molecule has 1 aromatic heterocycles. The van der Waals surface area contributed by atoms with Crippen LogP contribution < -0.4 is 5.32 Å². The number of aromatic nitrogens is 2. The van der Waals surface area contributed by atoms with Gasteiger partial charge in [-0.2, -0.15) is 0 Å². The van der Waals surface area contributed by atoms with Crippen molar-refractivity contribution in [3.63, 3.8) is 0 Å². The molecule has 1 heterocycles. The Balaban J connectivity index is 2.66. The molecule has 0 unspecified atom stereocenters. The van der Waals surface area contributed by atoms with E-state index < -0.39 is 5.97 Å². The van der Waals surface area contributed by atoms with Gasteiger partial charge in [0.25, 0.3) is 0 Å². The number of nitrogens with zero attached hydrogens (tertiary/aromatic N) is 2. The number of carboxylic acid groups (broad SMARTS) is 1. The minimum Gasteiger partial charge on any atom is -0.477 e. The van der Waals surface area contributed by atoms with Gasteiger partial charge in [-0.25, -0.2) is 14.8 Å². The van der Waals surface area contributed by atoms with E-state index in [0.29, 0.717) is 6.42 Å². The predicted molar refractivity (Wildman–Crippen MR) is 51.1 cm³/mol. The highest BCUT2D eigenvalue weighted by Crippen LogP contribution is 1.95. The molecule has 0 bridgehead atoms. The molecule has 1 aromatic rings. The number of nitrogens with one attached hydrogen (secondary N) is 1. The summed E-state index contributed by atoms with van der Waals surface area (Å²) in [6.45, 7) is 1.87. The van der Waals surface area contributed by atoms with Crippen molar-refractivity contribution < 1.29 is 14.7 Å². The van der Waals surface area contributed by atoms with Crippen molar-refractivity contribution in [1.82, 2.24) is 15.3 Å². The highest BCUT2D eigenvalue weighted by molar-refractivity contribution is 5.85. The predicted octanol–water partition coefficient (Wildman–Crippen LogP) is 0.201. The number of carbonyl (C=O) groups excluding carboxylic acids is 1. The molecule has 1 amide bonds. The molecule has 80 valence electrons. The van der Waals surface area contributed by atoms with E-state index in [2.05, 4.69) is 15.3 Å². The van der Waals surface area contributed by atoms with Gasteiger partial charge in [0.15, 0.2) is 5.69 Å². The molecule has 0 atom stereocenters. The molecular formula is C9H11N3O3. The molecule has 0 spiro atoms. The van der Waals surface area contributed by atoms with Gasteiger partial charge in [-0.15, -0.1) is 0 Å². The van der Waals surface area contributed by atoms with E-state index in [4.69, 9.17) is 5.11 Å². The van der Waals surface area contributed by atoms with Crippen LogP contribution in [0, 0.1) is 0 Å². The van der Waals surface area contributed by atoms with Gasteiger partial charge in [0, 0.05) is 12.6 Å². The summed E-state index contributed by atoms with van der Waals surface area (Å²) in [4.78, 5) is 29.1. The summed E-state index contributed by atoms with van der Waals surface area (Å²) in [5.41, 5.74) is -0.0780. The molecule has 0 saturated heterocycles. The fourth-order valence-electron chi connectivity index (χ4n) is 0.906. The van der Waals surface area contributed by atoms with Crippen LogP contribution >= 0.6 is 0 Å². The summed E-state index contributed by atoms with van der Waals surface area (Å²) in [5.74, 6) is -0.948. The van der Waals surface area contributed by atoms with Crippen molar-refractivity contribution in [3.8, 4) is 0 Å². The number of hydrogen-bond acceptors (Lipinski definition) is 4. The first-order valence-electron chi connectivity index (χ1n) is 4.45. The second-order valence-corrected chi connectivity index (χ2v) is 2.79. The second kappa shape index (κ2) is 5.04. The molecule has 1 rings (SSSR count). The van der Waals surface area contributed by atoms with E-state index in [0.717, 1.165) is 0 Å². The van der Waals surface area contributed by atoms with Gasteiger partial charge >= 0.3 is 5.97 Å². The Bertz CT molecular complexity index is 379. The van der Waals surface area contributed by atoms with Crippen LogP contribution in [0.5, 0.6) is 0 Å². The van der Waals surface area contributed by atoms with E-state index >= 15 is 0 Å². The lowest BCUT2D eigenvalue weighted by atomic mass is 10.4. The molecule has 0 aliphatic rings. The third kappa shape index (κ3) is 3.34. The first-order chi connectivity index (χ1) is 7.13. The van der Waals surface area contributed by atoms with Crippen molar-refractivity contribution >= 4 is 11.9 Å². The smallest absolute Gasteiger partial charge is 0.354 e. The standard InChI is InChI=1S/C9H11N3O3/c1-2-8(13)11-5-7-10-4-3-6(12-7)9(14)15/h3-4H,2,5H2,1H3,(H,11,13)(H,14,15). The monoisotopic (exact) mass is 209 g/mol. The minimum atomic E-state index is -1.11. The van der Waals surface area contributed by atoms with Gasteiger partial charge in [0.1, 0.15) is 5.82 Å². The van der Waals surface area contributed by atoms with Crippen LogP contribution in [0.4, 0.5) is 0 Å². The third-order valence-electron chi connectivity index (χ3n) is 1.69. The molecule has 6 nitrogen and oxygen atoms in total. The van der Waals surface area contributed by atoms with Crippen LogP contribution in [0.25, 0.3) is 0 Å². The maximum atomic E-state index is 10.9. The molecule has 0 fully saturated rings. The number of carbonyl (C=O) groups is 2. The summed E-state index contributed by atoms with van der Waals surface area (Å²) >= 11 is 0. The van der Waals surface area contributed by atoms with Crippen molar-refractivity contribution in [2.75, 3.05) is 0 Å². The fourth-order valence-corrected chi connectivity index (χ4v) is 0.906. The van der Waals surface area contributed by atoms with Crippen molar-refractivity contribution in [2.45, 2.75) is 19.9 Å². The van der Waals surface area contributed by atoms with Crippen molar-refractivity contribution in [3.05, 3.63) is 23.8 Å². The molecule has 0 saturated carbocycles. The van der Waals surface area contributed by atoms with Gasteiger partial charge in [-0.05, 0) is 6.07 Å². The van der Waals surface area contributed by atoms with Crippen LogP contribution in [0.15, 0.2) is 12.3 Å². The number of hydrogen-bond donors (Lipinski definition) is 2. The fraction of sp³-hybridized carbons (Fsp3) is 0.333. The van der Waals surface area contributed by atoms with Gasteiger partial charge in [-0.1, -0.05) is 6.92 Å². The average Bonchev–Trinajstić information content (AvgIpc) is 2.26. The van der Waals surface area contributed by atoms with E-state index in [1.807, 2.05) is 0 Å². The zero-order valence-electron chi connectivity index (χ0n) is 8.23. The number of amides is 1. The van der Waals surface area contributed by atoms with E-state index in [1.165, 1.54) is 12.3 Å². The van der Waals surface area contributed by atoms with Gasteiger partial charge in [-0.3, -0.25) is 4.79 Å². The third-order valence-corrected chi connectivity index (χ3v) is 1.69. The van der Waals surface area contributed by atoms with Crippen LogP contribution in [0.1, 0.15) is 29.7 Å². The molecule has 0 aromatic carbocycles. The van der Waals surface area contributed by atoms with Crippen LogP contribution in [0.3, 0.4) is 0 Å². The first-order valence-corrected chi connectivity index (χ1v) is 4.45. The first kappa shape index (κ1) is 11.1. The quantitative estimate of drug-likeness (QED) is 0.739. The van der Waals surface area contributed by atoms with Crippen molar-refractivity contribution in [1.29, 1.82) is 0 Å². The zero-order chi connectivity index (χ0) is 11.3. The molecule has 0 radical (unpaired) electrons. The van der Waals surface area contributed by atoms with Crippen LogP contribution in [-0.4, -0.2) is 27.0 Å². The summed E-state index contributed by atoms with van der Waals surface area (Å²) in [5, 5.41) is 11.2. The average molecular weight is 209 g/mol. The summed E-state index contributed by atoms with van der Waals surface area (Å²) in [6, 6.07) is 1.30. The summed E-state index contributed by atoms with van der Waals surface area (Å²) in [7, 11) is 0. The number of carboxylic acids is 1.